The van der Waals surface area contributed by atoms with Crippen molar-refractivity contribution < 1.29 is 38.7 Å². The van der Waals surface area contributed by atoms with Crippen LogP contribution >= 0.6 is 0 Å². The normalized spacial score (nSPS) is 22.5. The molecule has 0 aliphatic carbocycles. The van der Waals surface area contributed by atoms with E-state index >= 15 is 0 Å². The van der Waals surface area contributed by atoms with Crippen LogP contribution in [0.3, 0.4) is 0 Å². The lowest BCUT2D eigenvalue weighted by Gasteiger charge is -2.27. The fourth-order valence-electron chi connectivity index (χ4n) is 6.36. The molecule has 0 radical (unpaired) electrons. The van der Waals surface area contributed by atoms with E-state index in [0.29, 0.717) is 12.0 Å². The molecule has 10 N–H and O–H groups in total. The minimum Gasteiger partial charge on any atom is -0.481 e. The van der Waals surface area contributed by atoms with Crippen LogP contribution in [0, 0.1) is 5.92 Å². The zero-order valence-electron chi connectivity index (χ0n) is 30.5. The van der Waals surface area contributed by atoms with Gasteiger partial charge in [0.1, 0.15) is 18.1 Å². The smallest absolute Gasteiger partial charge is 0.305 e. The van der Waals surface area contributed by atoms with Crippen molar-refractivity contribution in [1.29, 1.82) is 0 Å². The number of nitrogens with two attached hydrogens (primary N) is 1. The Kier molecular flexibility index (Phi) is 15.1. The number of carbonyl (C=O) groups is 7. The highest BCUT2D eigenvalue weighted by Gasteiger charge is 2.33. The molecule has 1 aliphatic rings. The van der Waals surface area contributed by atoms with Gasteiger partial charge in [0.25, 0.3) is 0 Å². The standard InChI is InChI=1S/C38H50N8O8/c1-22(2)16-25-21-42-29(19-34(49)50)37(53)44-28(12-13-32(39)47)36(52)46-31(18-24-20-41-27-11-7-6-10-26(24)27)38(54)45-30(17-23-8-4-3-5-9-23)35(51)40-15-14-33(48)43-25/h3-11,20,22,25,28-31,41-42H,12-19,21H2,1-2H3,(H2,39,47)(H,40,51)(H,43,48)(H,44,53)(H,45,54)(H,46,52)(H,49,50)/t25-,28-,29-,30-,31-/m0/s1. The fourth-order valence-corrected chi connectivity index (χ4v) is 6.36. The first kappa shape index (κ1) is 41.0. The second-order valence-corrected chi connectivity index (χ2v) is 13.9. The summed E-state index contributed by atoms with van der Waals surface area (Å²) in [5, 5.41) is 27.1. The number of fused-ring (bicyclic) bond motifs is 1. The van der Waals surface area contributed by atoms with Crippen molar-refractivity contribution in [2.24, 2.45) is 11.7 Å². The van der Waals surface area contributed by atoms with Gasteiger partial charge in [0.2, 0.25) is 35.4 Å². The van der Waals surface area contributed by atoms with Crippen LogP contribution in [0.25, 0.3) is 10.9 Å². The molecule has 1 aromatic heterocycles. The molecular formula is C38H50N8O8. The maximum absolute atomic E-state index is 14.2. The van der Waals surface area contributed by atoms with E-state index in [1.54, 1.807) is 30.5 Å². The van der Waals surface area contributed by atoms with Gasteiger partial charge in [0.15, 0.2) is 0 Å². The van der Waals surface area contributed by atoms with Gasteiger partial charge in [-0.1, -0.05) is 62.4 Å². The molecule has 54 heavy (non-hydrogen) atoms. The quantitative estimate of drug-likeness (QED) is 0.129. The molecule has 16 nitrogen and oxygen atoms in total. The van der Waals surface area contributed by atoms with Crippen LogP contribution in [-0.2, 0) is 46.4 Å². The molecule has 1 aliphatic heterocycles. The van der Waals surface area contributed by atoms with Crippen molar-refractivity contribution in [3.8, 4) is 0 Å². The number of carboxylic acids is 1. The Morgan fingerprint density at radius 1 is 0.796 bits per heavy atom. The van der Waals surface area contributed by atoms with Crippen molar-refractivity contribution in [2.75, 3.05) is 13.1 Å². The maximum atomic E-state index is 14.2. The Balaban J connectivity index is 1.72. The highest BCUT2D eigenvalue weighted by atomic mass is 16.4. The highest BCUT2D eigenvalue weighted by Crippen LogP contribution is 2.20. The van der Waals surface area contributed by atoms with Crippen molar-refractivity contribution in [2.45, 2.75) is 89.0 Å². The Bertz CT molecular complexity index is 1800. The molecular weight excluding hydrogens is 696 g/mol. The van der Waals surface area contributed by atoms with E-state index in [4.69, 9.17) is 5.73 Å². The Morgan fingerprint density at radius 3 is 2.11 bits per heavy atom. The highest BCUT2D eigenvalue weighted by molar-refractivity contribution is 5.96. The predicted octanol–water partition coefficient (Wildman–Crippen LogP) is 0.157. The maximum Gasteiger partial charge on any atom is 0.305 e. The number of amides is 6. The van der Waals surface area contributed by atoms with Crippen LogP contribution in [0.2, 0.25) is 0 Å². The molecule has 1 saturated heterocycles. The van der Waals surface area contributed by atoms with Crippen molar-refractivity contribution in [3.63, 3.8) is 0 Å². The zero-order chi connectivity index (χ0) is 39.2. The van der Waals surface area contributed by atoms with Crippen LogP contribution in [0.1, 0.15) is 57.1 Å². The third kappa shape index (κ3) is 12.7. The number of carboxylic acid groups (broad SMARTS) is 1. The lowest BCUT2D eigenvalue weighted by molar-refractivity contribution is -0.140. The fraction of sp³-hybridized carbons (Fsp3) is 0.447. The number of aliphatic carboxylic acids is 1. The average Bonchev–Trinajstić information content (AvgIpc) is 3.53. The van der Waals surface area contributed by atoms with Gasteiger partial charge in [-0.3, -0.25) is 33.6 Å². The predicted molar refractivity (Wildman–Crippen MR) is 199 cm³/mol. The van der Waals surface area contributed by atoms with Gasteiger partial charge in [-0.15, -0.1) is 0 Å². The Morgan fingerprint density at radius 2 is 1.43 bits per heavy atom. The molecule has 3 aromatic rings. The van der Waals surface area contributed by atoms with E-state index in [1.807, 2.05) is 44.2 Å². The van der Waals surface area contributed by atoms with Gasteiger partial charge >= 0.3 is 5.97 Å². The number of hydrogen-bond acceptors (Lipinski definition) is 8. The minimum atomic E-state index is -1.40. The van der Waals surface area contributed by atoms with Gasteiger partial charge < -0.3 is 47.7 Å². The van der Waals surface area contributed by atoms with E-state index in [-0.39, 0.29) is 57.0 Å². The Hall–Kier alpha value is -5.77. The first-order chi connectivity index (χ1) is 25.8. The summed E-state index contributed by atoms with van der Waals surface area (Å²) in [6, 6.07) is 10.8. The summed E-state index contributed by atoms with van der Waals surface area (Å²) in [4.78, 5) is 95.3. The number of carbonyl (C=O) groups excluding carboxylic acids is 6. The molecule has 5 atom stereocenters. The van der Waals surface area contributed by atoms with E-state index in [0.717, 1.165) is 16.5 Å². The summed E-state index contributed by atoms with van der Waals surface area (Å²) in [5.41, 5.74) is 7.62. The van der Waals surface area contributed by atoms with E-state index in [9.17, 15) is 38.7 Å². The monoisotopic (exact) mass is 746 g/mol. The number of H-pyrrole nitrogens is 1. The second kappa shape index (κ2) is 19.9. The number of rotatable bonds is 11. The van der Waals surface area contributed by atoms with E-state index in [1.165, 1.54) is 0 Å². The number of primary amides is 1. The van der Waals surface area contributed by atoms with Crippen LogP contribution in [0.5, 0.6) is 0 Å². The molecule has 0 unspecified atom stereocenters. The number of aromatic nitrogens is 1. The first-order valence-electron chi connectivity index (χ1n) is 18.1. The summed E-state index contributed by atoms with van der Waals surface area (Å²) in [6.45, 7) is 3.85. The summed E-state index contributed by atoms with van der Waals surface area (Å²) < 4.78 is 0. The molecule has 6 amide bonds. The largest absolute Gasteiger partial charge is 0.481 e. The van der Waals surface area contributed by atoms with E-state index in [2.05, 4.69) is 36.9 Å². The second-order valence-electron chi connectivity index (χ2n) is 13.9. The number of nitrogens with one attached hydrogen (secondary N) is 7. The lowest BCUT2D eigenvalue weighted by Crippen LogP contribution is -2.59. The minimum absolute atomic E-state index is 0.0179. The SMILES string of the molecule is CC(C)C[C@H]1CN[C@@H](CC(=O)O)C(=O)N[C@@H](CCC(N)=O)C(=O)N[C@@H](Cc2c[nH]c3ccccc23)C(=O)N[C@@H](Cc2ccccc2)C(=O)NCCC(=O)N1. The molecule has 16 heteroatoms. The Labute approximate surface area is 313 Å². The number of hydrogen-bond donors (Lipinski definition) is 9. The third-order valence-corrected chi connectivity index (χ3v) is 9.04. The molecule has 0 spiro atoms. The van der Waals surface area contributed by atoms with Crippen LogP contribution in [0.4, 0.5) is 0 Å². The summed E-state index contributed by atoms with van der Waals surface area (Å²) in [7, 11) is 0. The van der Waals surface area contributed by atoms with Gasteiger partial charge in [0, 0.05) is 61.9 Å². The van der Waals surface area contributed by atoms with E-state index < -0.39 is 72.1 Å². The van der Waals surface area contributed by atoms with Crippen molar-refractivity contribution in [3.05, 3.63) is 71.9 Å². The van der Waals surface area contributed by atoms with Crippen LogP contribution < -0.4 is 37.6 Å². The van der Waals surface area contributed by atoms with Crippen molar-refractivity contribution >= 4 is 52.3 Å². The number of benzene rings is 2. The molecule has 1 fully saturated rings. The zero-order valence-corrected chi connectivity index (χ0v) is 30.5. The third-order valence-electron chi connectivity index (χ3n) is 9.04. The molecule has 4 rings (SSSR count). The summed E-state index contributed by atoms with van der Waals surface area (Å²) in [5.74, 6) is -5.23. The number of aromatic amines is 1. The van der Waals surface area contributed by atoms with Crippen LogP contribution in [-0.4, -0.2) is 94.8 Å². The summed E-state index contributed by atoms with van der Waals surface area (Å²) in [6.07, 6.45) is 0.958. The molecule has 2 heterocycles. The van der Waals surface area contributed by atoms with Gasteiger partial charge in [-0.2, -0.15) is 0 Å². The first-order valence-corrected chi connectivity index (χ1v) is 18.1. The van der Waals surface area contributed by atoms with Gasteiger partial charge in [-0.25, -0.2) is 0 Å². The number of para-hydroxylation sites is 1. The van der Waals surface area contributed by atoms with Crippen molar-refractivity contribution in [1.82, 2.24) is 36.9 Å². The topological polar surface area (TPSA) is 254 Å². The lowest BCUT2D eigenvalue weighted by atomic mass is 10.0. The van der Waals surface area contributed by atoms with Crippen LogP contribution in [0.15, 0.2) is 60.8 Å². The van der Waals surface area contributed by atoms with Gasteiger partial charge in [0.05, 0.1) is 12.5 Å². The van der Waals surface area contributed by atoms with Gasteiger partial charge in [-0.05, 0) is 36.0 Å². The average molecular weight is 747 g/mol. The molecule has 290 valence electrons. The molecule has 0 saturated carbocycles. The molecule has 0 bridgehead atoms. The molecule has 2 aromatic carbocycles. The summed E-state index contributed by atoms with van der Waals surface area (Å²) >= 11 is 0.